The van der Waals surface area contributed by atoms with Crippen molar-refractivity contribution in [2.45, 2.75) is 40.3 Å². The van der Waals surface area contributed by atoms with Crippen LogP contribution < -0.4 is 5.32 Å². The van der Waals surface area contributed by atoms with Crippen molar-refractivity contribution < 1.29 is 0 Å². The van der Waals surface area contributed by atoms with E-state index in [9.17, 15) is 0 Å². The number of aromatic nitrogens is 2. The Balaban J connectivity index is 2.42. The average Bonchev–Trinajstić information content (AvgIpc) is 2.68. The summed E-state index contributed by atoms with van der Waals surface area (Å²) < 4.78 is 2.11. The number of nitrogens with one attached hydrogen (secondary N) is 1. The highest BCUT2D eigenvalue weighted by Gasteiger charge is 2.10. The minimum Gasteiger partial charge on any atom is -0.310 e. The van der Waals surface area contributed by atoms with Crippen molar-refractivity contribution in [2.24, 2.45) is 0 Å². The molecule has 19 heavy (non-hydrogen) atoms. The Kier molecular flexibility index (Phi) is 4.27. The molecule has 0 radical (unpaired) electrons. The lowest BCUT2D eigenvalue weighted by atomic mass is 10.1. The molecule has 0 aliphatic rings. The van der Waals surface area contributed by atoms with Gasteiger partial charge in [-0.3, -0.25) is 0 Å². The summed E-state index contributed by atoms with van der Waals surface area (Å²) in [5.74, 6) is 0. The van der Waals surface area contributed by atoms with Crippen LogP contribution >= 0.6 is 11.6 Å². The van der Waals surface area contributed by atoms with E-state index < -0.39 is 0 Å². The zero-order valence-corrected chi connectivity index (χ0v) is 12.6. The summed E-state index contributed by atoms with van der Waals surface area (Å²) in [5, 5.41) is 4.20. The Morgan fingerprint density at radius 2 is 2.05 bits per heavy atom. The van der Waals surface area contributed by atoms with Crippen LogP contribution in [0.25, 0.3) is 5.69 Å². The molecule has 1 N–H and O–H groups in total. The zero-order valence-electron chi connectivity index (χ0n) is 11.9. The van der Waals surface area contributed by atoms with E-state index in [0.29, 0.717) is 6.04 Å². The number of hydrogen-bond donors (Lipinski definition) is 1. The van der Waals surface area contributed by atoms with Gasteiger partial charge in [-0.2, -0.15) is 0 Å². The quantitative estimate of drug-likeness (QED) is 0.925. The molecule has 0 saturated carbocycles. The summed E-state index contributed by atoms with van der Waals surface area (Å²) in [7, 11) is 0. The molecule has 1 aromatic heterocycles. The van der Waals surface area contributed by atoms with Crippen LogP contribution in [0.4, 0.5) is 0 Å². The smallest absolute Gasteiger partial charge is 0.0997 e. The van der Waals surface area contributed by atoms with Crippen molar-refractivity contribution >= 4 is 11.6 Å². The van der Waals surface area contributed by atoms with Crippen molar-refractivity contribution in [1.82, 2.24) is 14.9 Å². The largest absolute Gasteiger partial charge is 0.310 e. The maximum absolute atomic E-state index is 6.11. The Morgan fingerprint density at radius 3 is 2.63 bits per heavy atom. The summed E-state index contributed by atoms with van der Waals surface area (Å²) in [5.41, 5.74) is 4.53. The second-order valence-electron chi connectivity index (χ2n) is 5.09. The summed E-state index contributed by atoms with van der Waals surface area (Å²) >= 11 is 6.11. The van der Waals surface area contributed by atoms with E-state index in [0.717, 1.165) is 28.6 Å². The molecule has 4 heteroatoms. The Morgan fingerprint density at radius 1 is 1.32 bits per heavy atom. The van der Waals surface area contributed by atoms with Gasteiger partial charge in [-0.15, -0.1) is 0 Å². The van der Waals surface area contributed by atoms with E-state index in [4.69, 9.17) is 11.6 Å². The van der Waals surface area contributed by atoms with Gasteiger partial charge in [-0.1, -0.05) is 25.4 Å². The molecule has 0 bridgehead atoms. The predicted molar refractivity (Wildman–Crippen MR) is 80.0 cm³/mol. The van der Waals surface area contributed by atoms with Gasteiger partial charge in [0.05, 0.1) is 17.7 Å². The molecular formula is C15H20ClN3. The molecule has 0 aliphatic carbocycles. The monoisotopic (exact) mass is 277 g/mol. The fourth-order valence-corrected chi connectivity index (χ4v) is 2.18. The summed E-state index contributed by atoms with van der Waals surface area (Å²) in [6.07, 6.45) is 1.87. The summed E-state index contributed by atoms with van der Waals surface area (Å²) in [6, 6.07) is 6.43. The lowest BCUT2D eigenvalue weighted by Gasteiger charge is -2.15. The van der Waals surface area contributed by atoms with E-state index in [1.165, 1.54) is 5.56 Å². The first-order valence-electron chi connectivity index (χ1n) is 6.51. The van der Waals surface area contributed by atoms with Crippen molar-refractivity contribution in [3.8, 4) is 5.69 Å². The molecule has 2 rings (SSSR count). The molecule has 0 aliphatic heterocycles. The van der Waals surface area contributed by atoms with Crippen LogP contribution in [0, 0.1) is 13.8 Å². The van der Waals surface area contributed by atoms with Gasteiger partial charge in [0.1, 0.15) is 0 Å². The predicted octanol–water partition coefficient (Wildman–Crippen LogP) is 3.64. The van der Waals surface area contributed by atoms with E-state index >= 15 is 0 Å². The van der Waals surface area contributed by atoms with Crippen LogP contribution in [-0.4, -0.2) is 15.6 Å². The zero-order chi connectivity index (χ0) is 14.0. The topological polar surface area (TPSA) is 29.9 Å². The maximum Gasteiger partial charge on any atom is 0.0997 e. The maximum atomic E-state index is 6.11. The van der Waals surface area contributed by atoms with Crippen molar-refractivity contribution in [2.75, 3.05) is 0 Å². The molecular weight excluding hydrogens is 258 g/mol. The molecule has 0 spiro atoms. The number of rotatable bonds is 4. The van der Waals surface area contributed by atoms with Crippen molar-refractivity contribution in [1.29, 1.82) is 0 Å². The third-order valence-electron chi connectivity index (χ3n) is 3.25. The third kappa shape index (κ3) is 3.17. The van der Waals surface area contributed by atoms with Gasteiger partial charge in [-0.05, 0) is 37.6 Å². The van der Waals surface area contributed by atoms with E-state index in [-0.39, 0.29) is 0 Å². The van der Waals surface area contributed by atoms with Crippen LogP contribution in [0.5, 0.6) is 0 Å². The normalized spacial score (nSPS) is 11.3. The first-order valence-corrected chi connectivity index (χ1v) is 6.89. The lowest BCUT2D eigenvalue weighted by molar-refractivity contribution is 0.587. The lowest BCUT2D eigenvalue weighted by Crippen LogP contribution is -2.22. The number of imidazole rings is 1. The first kappa shape index (κ1) is 14.1. The van der Waals surface area contributed by atoms with Crippen LogP contribution in [0.15, 0.2) is 24.5 Å². The van der Waals surface area contributed by atoms with Gasteiger partial charge in [0.15, 0.2) is 0 Å². The molecule has 2 aromatic rings. The van der Waals surface area contributed by atoms with Crippen LogP contribution in [0.1, 0.15) is 30.8 Å². The van der Waals surface area contributed by atoms with Gasteiger partial charge >= 0.3 is 0 Å². The minimum absolute atomic E-state index is 0.442. The highest BCUT2D eigenvalue weighted by atomic mass is 35.5. The second kappa shape index (κ2) is 5.76. The second-order valence-corrected chi connectivity index (χ2v) is 5.53. The molecule has 3 nitrogen and oxygen atoms in total. The molecule has 1 heterocycles. The van der Waals surface area contributed by atoms with Gasteiger partial charge in [-0.25, -0.2) is 4.98 Å². The number of hydrogen-bond acceptors (Lipinski definition) is 2. The minimum atomic E-state index is 0.442. The van der Waals surface area contributed by atoms with E-state index in [1.54, 1.807) is 0 Å². The van der Waals surface area contributed by atoms with Gasteiger partial charge in [0, 0.05) is 23.3 Å². The van der Waals surface area contributed by atoms with Gasteiger partial charge in [0.2, 0.25) is 0 Å². The van der Waals surface area contributed by atoms with Crippen LogP contribution in [-0.2, 0) is 6.54 Å². The van der Waals surface area contributed by atoms with Gasteiger partial charge < -0.3 is 9.88 Å². The van der Waals surface area contributed by atoms with Crippen molar-refractivity contribution in [3.63, 3.8) is 0 Å². The number of halogens is 1. The fourth-order valence-electron chi connectivity index (χ4n) is 1.99. The number of benzene rings is 1. The molecule has 1 aromatic carbocycles. The van der Waals surface area contributed by atoms with Crippen molar-refractivity contribution in [3.05, 3.63) is 46.5 Å². The Labute approximate surface area is 119 Å². The Bertz CT molecular complexity index is 573. The summed E-state index contributed by atoms with van der Waals surface area (Å²) in [6.45, 7) is 9.17. The molecule has 0 saturated heterocycles. The number of nitrogens with zero attached hydrogens (tertiary/aromatic N) is 2. The third-order valence-corrected chi connectivity index (χ3v) is 3.49. The summed E-state index contributed by atoms with van der Waals surface area (Å²) in [4.78, 5) is 4.36. The first-order chi connectivity index (χ1) is 8.99. The van der Waals surface area contributed by atoms with E-state index in [2.05, 4.69) is 35.6 Å². The standard InChI is InChI=1S/C15H20ClN3/c1-10(2)17-8-13-7-14(16)5-6-15(13)19-9-18-11(3)12(19)4/h5-7,9-10,17H,8H2,1-4H3. The molecule has 0 fully saturated rings. The van der Waals surface area contributed by atoms with E-state index in [1.807, 2.05) is 31.5 Å². The molecule has 0 amide bonds. The van der Waals surface area contributed by atoms with Crippen LogP contribution in [0.3, 0.4) is 0 Å². The highest BCUT2D eigenvalue weighted by molar-refractivity contribution is 6.30. The Hall–Kier alpha value is -1.32. The molecule has 0 unspecified atom stereocenters. The number of aryl methyl sites for hydroxylation is 1. The molecule has 0 atom stereocenters. The fraction of sp³-hybridized carbons (Fsp3) is 0.400. The average molecular weight is 278 g/mol. The molecule has 102 valence electrons. The highest BCUT2D eigenvalue weighted by Crippen LogP contribution is 2.22. The van der Waals surface area contributed by atoms with Gasteiger partial charge in [0.25, 0.3) is 0 Å². The SMILES string of the molecule is Cc1ncn(-c2ccc(Cl)cc2CNC(C)C)c1C. The van der Waals surface area contributed by atoms with Crippen LogP contribution in [0.2, 0.25) is 5.02 Å².